The van der Waals surface area contributed by atoms with Crippen LogP contribution in [0.3, 0.4) is 0 Å². The summed E-state index contributed by atoms with van der Waals surface area (Å²) < 4.78 is 0. The number of hydrogen-bond acceptors (Lipinski definition) is 3. The van der Waals surface area contributed by atoms with Crippen LogP contribution in [0.5, 0.6) is 0 Å². The number of carbonyl (C=O) groups is 1. The summed E-state index contributed by atoms with van der Waals surface area (Å²) in [7, 11) is 0. The molecule has 3 nitrogen and oxygen atoms in total. The Bertz CT molecular complexity index is 252. The van der Waals surface area contributed by atoms with E-state index in [4.69, 9.17) is 0 Å². The van der Waals surface area contributed by atoms with Gasteiger partial charge >= 0.3 is 29.6 Å². The SMILES string of the molecule is CCCCCCCCCCCCC(O)=CCC(=O)[O-].[Na+]. The molecule has 0 amide bonds. The first-order valence-corrected chi connectivity index (χ1v) is 7.74. The van der Waals surface area contributed by atoms with Crippen LogP contribution in [0, 0.1) is 0 Å². The second kappa shape index (κ2) is 17.1. The number of aliphatic hydroxyl groups is 1. The smallest absolute Gasteiger partial charge is 0.550 e. The molecule has 0 saturated heterocycles. The van der Waals surface area contributed by atoms with Crippen LogP contribution in [-0.2, 0) is 4.79 Å². The summed E-state index contributed by atoms with van der Waals surface area (Å²) in [6, 6.07) is 0. The minimum absolute atomic E-state index is 0. The molecule has 0 atom stereocenters. The van der Waals surface area contributed by atoms with Crippen LogP contribution >= 0.6 is 0 Å². The van der Waals surface area contributed by atoms with Gasteiger partial charge < -0.3 is 15.0 Å². The van der Waals surface area contributed by atoms with Crippen molar-refractivity contribution < 1.29 is 44.6 Å². The number of hydrogen-bond donors (Lipinski definition) is 1. The third kappa shape index (κ3) is 18.0. The van der Waals surface area contributed by atoms with Crippen molar-refractivity contribution in [1.82, 2.24) is 0 Å². The summed E-state index contributed by atoms with van der Waals surface area (Å²) in [5.41, 5.74) is 0. The van der Waals surface area contributed by atoms with Gasteiger partial charge in [-0.05, 0) is 12.5 Å². The number of allylic oxidation sites excluding steroid dienone is 1. The average molecular weight is 292 g/mol. The number of carboxylic acids is 1. The molecule has 0 bridgehead atoms. The average Bonchev–Trinajstić information content (AvgIpc) is 2.38. The molecule has 0 aliphatic heterocycles. The molecule has 0 aromatic carbocycles. The van der Waals surface area contributed by atoms with E-state index >= 15 is 0 Å². The van der Waals surface area contributed by atoms with E-state index < -0.39 is 5.97 Å². The van der Waals surface area contributed by atoms with E-state index in [9.17, 15) is 15.0 Å². The van der Waals surface area contributed by atoms with E-state index in [1.54, 1.807) is 0 Å². The second-order valence-corrected chi connectivity index (χ2v) is 5.20. The van der Waals surface area contributed by atoms with Crippen molar-refractivity contribution in [2.45, 2.75) is 84.0 Å². The molecule has 112 valence electrons. The molecule has 4 heteroatoms. The van der Waals surface area contributed by atoms with Crippen LogP contribution in [0.15, 0.2) is 11.8 Å². The number of aliphatic carboxylic acids is 1. The first kappa shape index (κ1) is 22.3. The van der Waals surface area contributed by atoms with E-state index in [1.165, 1.54) is 57.4 Å². The van der Waals surface area contributed by atoms with Crippen LogP contribution in [0.4, 0.5) is 0 Å². The summed E-state index contributed by atoms with van der Waals surface area (Å²) in [6.07, 6.45) is 14.3. The molecule has 0 aromatic heterocycles. The van der Waals surface area contributed by atoms with Gasteiger partial charge in [-0.15, -0.1) is 0 Å². The number of aliphatic hydroxyl groups excluding tert-OH is 1. The summed E-state index contributed by atoms with van der Waals surface area (Å²) in [6.45, 7) is 2.23. The number of unbranched alkanes of at least 4 members (excludes halogenated alkanes) is 9. The first-order valence-electron chi connectivity index (χ1n) is 7.74. The second-order valence-electron chi connectivity index (χ2n) is 5.20. The van der Waals surface area contributed by atoms with Crippen molar-refractivity contribution in [3.63, 3.8) is 0 Å². The van der Waals surface area contributed by atoms with Gasteiger partial charge in [0.25, 0.3) is 0 Å². The summed E-state index contributed by atoms with van der Waals surface area (Å²) in [4.78, 5) is 10.2. The van der Waals surface area contributed by atoms with Crippen LogP contribution in [0.2, 0.25) is 0 Å². The van der Waals surface area contributed by atoms with Gasteiger partial charge in [-0.1, -0.05) is 64.7 Å². The molecule has 0 rings (SSSR count). The largest absolute Gasteiger partial charge is 1.00 e. The van der Waals surface area contributed by atoms with Gasteiger partial charge in [0.2, 0.25) is 0 Å². The summed E-state index contributed by atoms with van der Waals surface area (Å²) >= 11 is 0. The van der Waals surface area contributed by atoms with E-state index in [0.717, 1.165) is 12.8 Å². The van der Waals surface area contributed by atoms with E-state index in [0.29, 0.717) is 6.42 Å². The van der Waals surface area contributed by atoms with Gasteiger partial charge in [-0.25, -0.2) is 0 Å². The normalized spacial score (nSPS) is 11.2. The molecule has 0 spiro atoms. The molecule has 0 aromatic rings. The maximum absolute atomic E-state index is 10.2. The molecule has 0 unspecified atom stereocenters. The molecule has 1 N–H and O–H groups in total. The molecule has 0 aliphatic rings. The summed E-state index contributed by atoms with van der Waals surface area (Å²) in [5.74, 6) is -0.960. The van der Waals surface area contributed by atoms with Crippen molar-refractivity contribution in [3.05, 3.63) is 11.8 Å². The monoisotopic (exact) mass is 292 g/mol. The van der Waals surface area contributed by atoms with Gasteiger partial charge in [0.05, 0.1) is 5.76 Å². The van der Waals surface area contributed by atoms with Crippen LogP contribution < -0.4 is 34.7 Å². The molecule has 0 saturated carbocycles. The van der Waals surface area contributed by atoms with Crippen molar-refractivity contribution in [1.29, 1.82) is 0 Å². The minimum Gasteiger partial charge on any atom is -0.550 e. The molecule has 0 aliphatic carbocycles. The zero-order valence-electron chi connectivity index (χ0n) is 13.3. The quantitative estimate of drug-likeness (QED) is 0.311. The number of carboxylic acid groups (broad SMARTS) is 1. The Morgan fingerprint density at radius 2 is 1.40 bits per heavy atom. The first-order chi connectivity index (χ1) is 9.16. The topological polar surface area (TPSA) is 60.4 Å². The Kier molecular flexibility index (Phi) is 19.0. The van der Waals surface area contributed by atoms with E-state index in [-0.39, 0.29) is 41.7 Å². The maximum Gasteiger partial charge on any atom is 1.00 e. The molecular formula is C16H29NaO3. The minimum atomic E-state index is -1.14. The Balaban J connectivity index is 0. The van der Waals surface area contributed by atoms with Crippen molar-refractivity contribution >= 4 is 5.97 Å². The predicted octanol–water partition coefficient (Wildman–Crippen LogP) is 0.883. The molecule has 0 radical (unpaired) electrons. The van der Waals surface area contributed by atoms with Gasteiger partial charge in [0.15, 0.2) is 0 Å². The Hall–Kier alpha value is 0.0100. The van der Waals surface area contributed by atoms with Gasteiger partial charge in [0.1, 0.15) is 0 Å². The van der Waals surface area contributed by atoms with E-state index in [2.05, 4.69) is 6.92 Å². The van der Waals surface area contributed by atoms with Crippen LogP contribution in [0.25, 0.3) is 0 Å². The third-order valence-corrected chi connectivity index (χ3v) is 3.29. The Morgan fingerprint density at radius 1 is 0.950 bits per heavy atom. The fourth-order valence-corrected chi connectivity index (χ4v) is 2.10. The standard InChI is InChI=1S/C16H30O3.Na/c1-2-3-4-5-6-7-8-9-10-11-12-15(17)13-14-16(18)19;/h13,17H,2-12,14H2,1H3,(H,18,19);/q;+1/p-1. The Labute approximate surface area is 146 Å². The van der Waals surface area contributed by atoms with E-state index in [1.807, 2.05) is 0 Å². The van der Waals surface area contributed by atoms with Crippen LogP contribution in [0.1, 0.15) is 84.0 Å². The predicted molar refractivity (Wildman–Crippen MR) is 76.8 cm³/mol. The molecule has 20 heavy (non-hydrogen) atoms. The maximum atomic E-state index is 10.2. The zero-order valence-corrected chi connectivity index (χ0v) is 15.3. The third-order valence-electron chi connectivity index (χ3n) is 3.29. The van der Waals surface area contributed by atoms with Gasteiger partial charge in [-0.2, -0.15) is 0 Å². The fourth-order valence-electron chi connectivity index (χ4n) is 2.10. The number of rotatable bonds is 13. The number of carbonyl (C=O) groups excluding carboxylic acids is 1. The Morgan fingerprint density at radius 3 is 1.85 bits per heavy atom. The van der Waals surface area contributed by atoms with Crippen molar-refractivity contribution in [3.8, 4) is 0 Å². The van der Waals surface area contributed by atoms with Crippen LogP contribution in [-0.4, -0.2) is 11.1 Å². The molecular weight excluding hydrogens is 263 g/mol. The fraction of sp³-hybridized carbons (Fsp3) is 0.812. The van der Waals surface area contributed by atoms with Gasteiger partial charge in [0, 0.05) is 18.8 Å². The molecule has 0 fully saturated rings. The summed E-state index contributed by atoms with van der Waals surface area (Å²) in [5, 5.41) is 19.6. The van der Waals surface area contributed by atoms with Gasteiger partial charge in [-0.3, -0.25) is 0 Å². The van der Waals surface area contributed by atoms with Crippen molar-refractivity contribution in [2.75, 3.05) is 0 Å². The molecule has 0 heterocycles. The zero-order chi connectivity index (χ0) is 14.3. The van der Waals surface area contributed by atoms with Crippen molar-refractivity contribution in [2.24, 2.45) is 0 Å².